The van der Waals surface area contributed by atoms with Crippen molar-refractivity contribution in [2.24, 2.45) is 11.1 Å². The van der Waals surface area contributed by atoms with E-state index < -0.39 is 0 Å². The van der Waals surface area contributed by atoms with Gasteiger partial charge in [-0.1, -0.05) is 26.8 Å². The van der Waals surface area contributed by atoms with E-state index in [0.717, 1.165) is 16.7 Å². The molecule has 18 heavy (non-hydrogen) atoms. The molecule has 2 N–H and O–H groups in total. The normalized spacial score (nSPS) is 13.6. The molecule has 0 radical (unpaired) electrons. The van der Waals surface area contributed by atoms with E-state index in [1.54, 1.807) is 6.20 Å². The smallest absolute Gasteiger partial charge is 0.121 e. The van der Waals surface area contributed by atoms with E-state index in [9.17, 15) is 0 Å². The summed E-state index contributed by atoms with van der Waals surface area (Å²) in [6, 6.07) is 9.90. The molecular formula is C15H20N2O. The van der Waals surface area contributed by atoms with E-state index >= 15 is 0 Å². The average Bonchev–Trinajstić information content (AvgIpc) is 2.34. The van der Waals surface area contributed by atoms with Gasteiger partial charge in [-0.2, -0.15) is 0 Å². The van der Waals surface area contributed by atoms with E-state index in [2.05, 4.69) is 25.8 Å². The minimum absolute atomic E-state index is 0.0110. The lowest BCUT2D eigenvalue weighted by molar-refractivity contribution is 0.205. The Labute approximate surface area is 108 Å². The summed E-state index contributed by atoms with van der Waals surface area (Å²) in [6.07, 6.45) is 1.78. The Morgan fingerprint density at radius 1 is 1.28 bits per heavy atom. The predicted molar refractivity (Wildman–Crippen MR) is 74.7 cm³/mol. The fourth-order valence-corrected chi connectivity index (χ4v) is 1.57. The fourth-order valence-electron chi connectivity index (χ4n) is 1.57. The highest BCUT2D eigenvalue weighted by atomic mass is 16.5. The number of rotatable bonds is 3. The monoisotopic (exact) mass is 244 g/mol. The Kier molecular flexibility index (Phi) is 3.53. The molecule has 3 nitrogen and oxygen atoms in total. The summed E-state index contributed by atoms with van der Waals surface area (Å²) in [6.45, 7) is 6.86. The molecule has 2 rings (SSSR count). The van der Waals surface area contributed by atoms with Crippen molar-refractivity contribution in [3.8, 4) is 5.75 Å². The number of fused-ring (bicyclic) bond motifs is 1. The fraction of sp³-hybridized carbons (Fsp3) is 0.400. The summed E-state index contributed by atoms with van der Waals surface area (Å²) in [5, 5.41) is 1.12. The zero-order valence-corrected chi connectivity index (χ0v) is 11.2. The number of ether oxygens (including phenoxy) is 1. The zero-order valence-electron chi connectivity index (χ0n) is 11.2. The first-order chi connectivity index (χ1) is 8.47. The minimum Gasteiger partial charge on any atom is -0.492 e. The van der Waals surface area contributed by atoms with Crippen LogP contribution in [0.25, 0.3) is 10.9 Å². The van der Waals surface area contributed by atoms with E-state index in [1.807, 2.05) is 30.3 Å². The molecule has 1 unspecified atom stereocenters. The van der Waals surface area contributed by atoms with Gasteiger partial charge in [0.2, 0.25) is 0 Å². The van der Waals surface area contributed by atoms with Gasteiger partial charge in [0.15, 0.2) is 0 Å². The van der Waals surface area contributed by atoms with Gasteiger partial charge in [-0.15, -0.1) is 0 Å². The summed E-state index contributed by atoms with van der Waals surface area (Å²) in [5.74, 6) is 0.820. The predicted octanol–water partition coefficient (Wildman–Crippen LogP) is 2.99. The Bertz CT molecular complexity index is 531. The Hall–Kier alpha value is -1.61. The van der Waals surface area contributed by atoms with E-state index in [-0.39, 0.29) is 11.5 Å². The second-order valence-corrected chi connectivity index (χ2v) is 5.64. The van der Waals surface area contributed by atoms with Crippen molar-refractivity contribution in [2.45, 2.75) is 26.8 Å². The molecule has 2 aromatic rings. The number of pyridine rings is 1. The quantitative estimate of drug-likeness (QED) is 0.903. The van der Waals surface area contributed by atoms with Crippen LogP contribution in [-0.4, -0.2) is 17.6 Å². The molecule has 0 saturated heterocycles. The highest BCUT2D eigenvalue weighted by Gasteiger charge is 2.21. The highest BCUT2D eigenvalue weighted by Crippen LogP contribution is 2.21. The van der Waals surface area contributed by atoms with Crippen molar-refractivity contribution in [3.63, 3.8) is 0 Å². The van der Waals surface area contributed by atoms with Gasteiger partial charge in [0, 0.05) is 23.7 Å². The lowest BCUT2D eigenvalue weighted by Gasteiger charge is -2.26. The van der Waals surface area contributed by atoms with Crippen LogP contribution >= 0.6 is 0 Å². The third kappa shape index (κ3) is 2.99. The number of hydrogen-bond donors (Lipinski definition) is 1. The van der Waals surface area contributed by atoms with Crippen molar-refractivity contribution in [3.05, 3.63) is 36.5 Å². The molecule has 96 valence electrons. The van der Waals surface area contributed by atoms with Gasteiger partial charge in [0.1, 0.15) is 12.4 Å². The van der Waals surface area contributed by atoms with Gasteiger partial charge in [-0.3, -0.25) is 4.98 Å². The lowest BCUT2D eigenvalue weighted by atomic mass is 9.88. The van der Waals surface area contributed by atoms with Crippen LogP contribution in [0.3, 0.4) is 0 Å². The van der Waals surface area contributed by atoms with Crippen molar-refractivity contribution in [1.82, 2.24) is 4.98 Å². The molecule has 0 spiro atoms. The van der Waals surface area contributed by atoms with Crippen molar-refractivity contribution >= 4 is 10.9 Å². The van der Waals surface area contributed by atoms with Gasteiger partial charge >= 0.3 is 0 Å². The molecule has 0 bridgehead atoms. The van der Waals surface area contributed by atoms with Crippen LogP contribution in [0.4, 0.5) is 0 Å². The molecule has 1 heterocycles. The summed E-state index contributed by atoms with van der Waals surface area (Å²) in [5.41, 5.74) is 7.07. The molecular weight excluding hydrogens is 224 g/mol. The maximum absolute atomic E-state index is 6.07. The number of benzene rings is 1. The third-order valence-electron chi connectivity index (χ3n) is 3.12. The first-order valence-electron chi connectivity index (χ1n) is 6.20. The van der Waals surface area contributed by atoms with Crippen LogP contribution in [0, 0.1) is 5.41 Å². The van der Waals surface area contributed by atoms with E-state index in [0.29, 0.717) is 6.61 Å². The molecule has 1 atom stereocenters. The minimum atomic E-state index is 0.0110. The van der Waals surface area contributed by atoms with Crippen molar-refractivity contribution in [2.75, 3.05) is 6.61 Å². The molecule has 0 aliphatic rings. The molecule has 1 aromatic heterocycles. The molecule has 0 aliphatic carbocycles. The Balaban J connectivity index is 2.08. The molecule has 0 fully saturated rings. The van der Waals surface area contributed by atoms with Crippen molar-refractivity contribution in [1.29, 1.82) is 0 Å². The average molecular weight is 244 g/mol. The van der Waals surface area contributed by atoms with Crippen LogP contribution in [0.2, 0.25) is 0 Å². The highest BCUT2D eigenvalue weighted by molar-refractivity contribution is 5.79. The SMILES string of the molecule is CC(C)(C)C(N)COc1ccc2cccnc2c1. The molecule has 1 aromatic carbocycles. The summed E-state index contributed by atoms with van der Waals surface area (Å²) >= 11 is 0. The number of nitrogens with two attached hydrogens (primary N) is 1. The van der Waals surface area contributed by atoms with Gasteiger partial charge in [0.25, 0.3) is 0 Å². The molecule has 0 aliphatic heterocycles. The molecule has 0 saturated carbocycles. The number of hydrogen-bond acceptors (Lipinski definition) is 3. The Morgan fingerprint density at radius 3 is 2.78 bits per heavy atom. The summed E-state index contributed by atoms with van der Waals surface area (Å²) < 4.78 is 5.74. The first-order valence-corrected chi connectivity index (χ1v) is 6.20. The molecule has 3 heteroatoms. The van der Waals surface area contributed by atoms with Gasteiger partial charge in [-0.05, 0) is 23.6 Å². The molecule has 0 amide bonds. The summed E-state index contributed by atoms with van der Waals surface area (Å²) in [4.78, 5) is 4.31. The van der Waals surface area contributed by atoms with Gasteiger partial charge in [-0.25, -0.2) is 0 Å². The third-order valence-corrected chi connectivity index (χ3v) is 3.12. The van der Waals surface area contributed by atoms with Crippen LogP contribution in [0.5, 0.6) is 5.75 Å². The van der Waals surface area contributed by atoms with Crippen LogP contribution in [0.15, 0.2) is 36.5 Å². The van der Waals surface area contributed by atoms with Gasteiger partial charge < -0.3 is 10.5 Å². The van der Waals surface area contributed by atoms with Crippen LogP contribution in [-0.2, 0) is 0 Å². The Morgan fingerprint density at radius 2 is 2.06 bits per heavy atom. The summed E-state index contributed by atoms with van der Waals surface area (Å²) in [7, 11) is 0. The largest absolute Gasteiger partial charge is 0.492 e. The maximum Gasteiger partial charge on any atom is 0.121 e. The van der Waals surface area contributed by atoms with E-state index in [1.165, 1.54) is 0 Å². The standard InChI is InChI=1S/C15H20N2O/c1-15(2,3)14(16)10-18-12-7-6-11-5-4-8-17-13(11)9-12/h4-9,14H,10,16H2,1-3H3. The second-order valence-electron chi connectivity index (χ2n) is 5.64. The first kappa shape index (κ1) is 12.8. The van der Waals surface area contributed by atoms with Crippen molar-refractivity contribution < 1.29 is 4.74 Å². The lowest BCUT2D eigenvalue weighted by Crippen LogP contribution is -2.40. The number of aromatic nitrogens is 1. The second kappa shape index (κ2) is 4.94. The van der Waals surface area contributed by atoms with Gasteiger partial charge in [0.05, 0.1) is 5.52 Å². The number of nitrogens with zero attached hydrogens (tertiary/aromatic N) is 1. The zero-order chi connectivity index (χ0) is 13.2. The topological polar surface area (TPSA) is 48.1 Å². The van der Waals surface area contributed by atoms with E-state index in [4.69, 9.17) is 10.5 Å². The van der Waals surface area contributed by atoms with Crippen LogP contribution < -0.4 is 10.5 Å². The van der Waals surface area contributed by atoms with Crippen LogP contribution in [0.1, 0.15) is 20.8 Å². The maximum atomic E-state index is 6.07.